The summed E-state index contributed by atoms with van der Waals surface area (Å²) >= 11 is 4.36. The van der Waals surface area contributed by atoms with Crippen LogP contribution in [0.15, 0.2) is 6.20 Å². The molecule has 1 rings (SSSR count). The first-order valence-electron chi connectivity index (χ1n) is 2.48. The van der Waals surface area contributed by atoms with Crippen molar-refractivity contribution >= 4 is 33.2 Å². The van der Waals surface area contributed by atoms with Crippen LogP contribution in [0, 0.1) is 0 Å². The molecule has 5 heteroatoms. The van der Waals surface area contributed by atoms with Gasteiger partial charge in [0.05, 0.1) is 11.5 Å². The number of hydrogen-bond acceptors (Lipinski definition) is 3. The Hall–Kier alpha value is -0.420. The van der Waals surface area contributed by atoms with Gasteiger partial charge in [-0.3, -0.25) is 0 Å². The van der Waals surface area contributed by atoms with Crippen LogP contribution >= 0.6 is 27.3 Å². The number of halogens is 1. The van der Waals surface area contributed by atoms with E-state index in [2.05, 4.69) is 20.9 Å². The molecule has 0 saturated heterocycles. The first-order chi connectivity index (χ1) is 4.74. The molecule has 0 aliphatic rings. The second-order valence-electron chi connectivity index (χ2n) is 1.56. The predicted molar refractivity (Wildman–Crippen MR) is 41.7 cm³/mol. The van der Waals surface area contributed by atoms with Crippen molar-refractivity contribution in [3.8, 4) is 0 Å². The zero-order valence-electron chi connectivity index (χ0n) is 4.87. The number of hydrogen-bond donors (Lipinski definition) is 1. The van der Waals surface area contributed by atoms with Crippen molar-refractivity contribution in [2.24, 2.45) is 0 Å². The first kappa shape index (κ1) is 7.68. The highest BCUT2D eigenvalue weighted by molar-refractivity contribution is 9.08. The lowest BCUT2D eigenvalue weighted by molar-refractivity contribution is 0.0702. The Morgan fingerprint density at radius 1 is 1.90 bits per heavy atom. The molecule has 54 valence electrons. The van der Waals surface area contributed by atoms with E-state index in [4.69, 9.17) is 5.11 Å². The minimum Gasteiger partial charge on any atom is -0.477 e. The third-order valence-electron chi connectivity index (χ3n) is 0.879. The van der Waals surface area contributed by atoms with Gasteiger partial charge in [-0.25, -0.2) is 9.78 Å². The Bertz CT molecular complexity index is 248. The summed E-state index contributed by atoms with van der Waals surface area (Å²) in [6.07, 6.45) is 1.36. The molecule has 3 nitrogen and oxygen atoms in total. The molecule has 0 saturated carbocycles. The maximum Gasteiger partial charge on any atom is 0.347 e. The number of nitrogens with zero attached hydrogens (tertiary/aromatic N) is 1. The van der Waals surface area contributed by atoms with Gasteiger partial charge in [-0.1, -0.05) is 15.9 Å². The lowest BCUT2D eigenvalue weighted by atomic mass is 10.6. The molecule has 1 aromatic heterocycles. The van der Waals surface area contributed by atoms with Crippen molar-refractivity contribution in [1.29, 1.82) is 0 Å². The fraction of sp³-hybridized carbons (Fsp3) is 0.200. The monoisotopic (exact) mass is 221 g/mol. The number of alkyl halides is 1. The second kappa shape index (κ2) is 3.12. The fourth-order valence-electron chi connectivity index (χ4n) is 0.471. The average molecular weight is 222 g/mol. The molecule has 0 atom stereocenters. The SMILES string of the molecule is O=C(O)c1cnc(CBr)s1. The summed E-state index contributed by atoms with van der Waals surface area (Å²) in [5.74, 6) is -0.912. The zero-order valence-corrected chi connectivity index (χ0v) is 7.28. The van der Waals surface area contributed by atoms with Crippen LogP contribution in [-0.4, -0.2) is 16.1 Å². The molecule has 1 heterocycles. The van der Waals surface area contributed by atoms with E-state index in [1.54, 1.807) is 0 Å². The number of carboxylic acids is 1. The molecule has 1 aromatic rings. The van der Waals surface area contributed by atoms with Crippen molar-refractivity contribution in [3.63, 3.8) is 0 Å². The third kappa shape index (κ3) is 1.54. The molecule has 10 heavy (non-hydrogen) atoms. The number of rotatable bonds is 2. The highest BCUT2D eigenvalue weighted by Crippen LogP contribution is 2.14. The van der Waals surface area contributed by atoms with Crippen molar-refractivity contribution in [2.45, 2.75) is 5.33 Å². The molecule has 0 bridgehead atoms. The van der Waals surface area contributed by atoms with Gasteiger partial charge < -0.3 is 5.11 Å². The van der Waals surface area contributed by atoms with Crippen LogP contribution in [0.2, 0.25) is 0 Å². The number of aromatic nitrogens is 1. The summed E-state index contributed by atoms with van der Waals surface area (Å²) in [5, 5.41) is 9.85. The van der Waals surface area contributed by atoms with Gasteiger partial charge >= 0.3 is 5.97 Å². The number of thiazole rings is 1. The third-order valence-corrected chi connectivity index (χ3v) is 2.77. The van der Waals surface area contributed by atoms with Gasteiger partial charge in [0.2, 0.25) is 0 Å². The summed E-state index contributed by atoms with van der Waals surface area (Å²) in [6.45, 7) is 0. The molecule has 0 radical (unpaired) electrons. The Labute approximate surface area is 69.8 Å². The molecule has 0 aliphatic carbocycles. The zero-order chi connectivity index (χ0) is 7.56. The molecule has 0 aromatic carbocycles. The molecule has 0 spiro atoms. The van der Waals surface area contributed by atoms with Gasteiger partial charge in [-0.05, 0) is 0 Å². The molecular formula is C5H4BrNO2S. The van der Waals surface area contributed by atoms with Crippen LogP contribution in [0.25, 0.3) is 0 Å². The lowest BCUT2D eigenvalue weighted by Gasteiger charge is -1.80. The van der Waals surface area contributed by atoms with E-state index in [9.17, 15) is 4.79 Å². The first-order valence-corrected chi connectivity index (χ1v) is 4.42. The van der Waals surface area contributed by atoms with Crippen LogP contribution in [0.5, 0.6) is 0 Å². The van der Waals surface area contributed by atoms with Gasteiger partial charge in [0, 0.05) is 0 Å². The highest BCUT2D eigenvalue weighted by atomic mass is 79.9. The Kier molecular flexibility index (Phi) is 2.39. The van der Waals surface area contributed by atoms with E-state index in [1.165, 1.54) is 17.5 Å². The standard InChI is InChI=1S/C5H4BrNO2S/c6-1-4-7-2-3(10-4)5(8)9/h2H,1H2,(H,8,9). The van der Waals surface area contributed by atoms with E-state index in [-0.39, 0.29) is 4.88 Å². The van der Waals surface area contributed by atoms with Crippen LogP contribution in [0.4, 0.5) is 0 Å². The van der Waals surface area contributed by atoms with Crippen LogP contribution < -0.4 is 0 Å². The number of carboxylic acid groups (broad SMARTS) is 1. The number of aromatic carboxylic acids is 1. The van der Waals surface area contributed by atoms with E-state index < -0.39 is 5.97 Å². The minimum atomic E-state index is -0.912. The highest BCUT2D eigenvalue weighted by Gasteiger charge is 2.06. The molecule has 1 N–H and O–H groups in total. The van der Waals surface area contributed by atoms with Gasteiger partial charge in [0.25, 0.3) is 0 Å². The Morgan fingerprint density at radius 3 is 2.90 bits per heavy atom. The molecular weight excluding hydrogens is 218 g/mol. The summed E-state index contributed by atoms with van der Waals surface area (Å²) in [4.78, 5) is 14.4. The summed E-state index contributed by atoms with van der Waals surface area (Å²) in [7, 11) is 0. The van der Waals surface area contributed by atoms with Crippen molar-refractivity contribution in [1.82, 2.24) is 4.98 Å². The maximum absolute atomic E-state index is 10.3. The normalized spacial score (nSPS) is 9.70. The molecule has 0 aliphatic heterocycles. The largest absolute Gasteiger partial charge is 0.477 e. The van der Waals surface area contributed by atoms with Crippen LogP contribution in [0.3, 0.4) is 0 Å². The summed E-state index contributed by atoms with van der Waals surface area (Å²) in [5.41, 5.74) is 0. The molecule has 0 fully saturated rings. The Balaban J connectivity index is 2.88. The van der Waals surface area contributed by atoms with Crippen LogP contribution in [0.1, 0.15) is 14.7 Å². The van der Waals surface area contributed by atoms with Crippen molar-refractivity contribution in [3.05, 3.63) is 16.1 Å². The van der Waals surface area contributed by atoms with Gasteiger partial charge in [0.15, 0.2) is 0 Å². The smallest absolute Gasteiger partial charge is 0.347 e. The predicted octanol–water partition coefficient (Wildman–Crippen LogP) is 1.74. The summed E-state index contributed by atoms with van der Waals surface area (Å²) < 4.78 is 0. The molecule has 0 amide bonds. The van der Waals surface area contributed by atoms with E-state index in [1.807, 2.05) is 0 Å². The van der Waals surface area contributed by atoms with Gasteiger partial charge in [-0.15, -0.1) is 11.3 Å². The van der Waals surface area contributed by atoms with Crippen molar-refractivity contribution in [2.75, 3.05) is 0 Å². The second-order valence-corrected chi connectivity index (χ2v) is 3.23. The van der Waals surface area contributed by atoms with Crippen LogP contribution in [-0.2, 0) is 5.33 Å². The molecule has 0 unspecified atom stereocenters. The van der Waals surface area contributed by atoms with Crippen molar-refractivity contribution < 1.29 is 9.90 Å². The maximum atomic E-state index is 10.3. The number of carbonyl (C=O) groups is 1. The average Bonchev–Trinajstić information content (AvgIpc) is 2.34. The topological polar surface area (TPSA) is 50.2 Å². The van der Waals surface area contributed by atoms with E-state index in [0.717, 1.165) is 5.01 Å². The lowest BCUT2D eigenvalue weighted by Crippen LogP contribution is -1.89. The van der Waals surface area contributed by atoms with Gasteiger partial charge in [0.1, 0.15) is 9.88 Å². The summed E-state index contributed by atoms with van der Waals surface area (Å²) in [6, 6.07) is 0. The van der Waals surface area contributed by atoms with E-state index >= 15 is 0 Å². The van der Waals surface area contributed by atoms with E-state index in [0.29, 0.717) is 5.33 Å². The van der Waals surface area contributed by atoms with Gasteiger partial charge in [-0.2, -0.15) is 0 Å². The fourth-order valence-corrected chi connectivity index (χ4v) is 1.57. The Morgan fingerprint density at radius 2 is 2.60 bits per heavy atom. The minimum absolute atomic E-state index is 0.287. The quantitative estimate of drug-likeness (QED) is 0.775.